The van der Waals surface area contributed by atoms with Crippen LogP contribution in [-0.4, -0.2) is 36.3 Å². The number of benzene rings is 2. The second-order valence-corrected chi connectivity index (χ2v) is 10.1. The lowest BCUT2D eigenvalue weighted by molar-refractivity contribution is -0.117. The molecular formula is C21H17ClN2O5S2. The molecule has 160 valence electrons. The second kappa shape index (κ2) is 8.51. The third kappa shape index (κ3) is 4.69. The minimum Gasteiger partial charge on any atom is -0.321 e. The van der Waals surface area contributed by atoms with Crippen LogP contribution in [0.5, 0.6) is 0 Å². The molecule has 3 N–H and O–H groups in total. The van der Waals surface area contributed by atoms with Crippen molar-refractivity contribution in [3.63, 3.8) is 0 Å². The van der Waals surface area contributed by atoms with Crippen LogP contribution in [0, 0.1) is 0 Å². The van der Waals surface area contributed by atoms with Gasteiger partial charge < -0.3 is 10.6 Å². The van der Waals surface area contributed by atoms with Gasteiger partial charge in [0.05, 0.1) is 28.3 Å². The van der Waals surface area contributed by atoms with Crippen LogP contribution in [0.25, 0.3) is 11.4 Å². The fraction of sp³-hybridized carbons (Fsp3) is 0.143. The normalized spacial score (nSPS) is 15.9. The first-order valence-electron chi connectivity index (χ1n) is 9.29. The topological polar surface area (TPSA) is 113 Å². The smallest absolute Gasteiger partial charge is 0.264 e. The number of amides is 2. The SMILES string of the molecule is O=C1NC(c2ccc(SCCCS(=O)(=O)O)cc2)=C2C(=O)NC(c3ccc(Cl)cc3)=C12. The van der Waals surface area contributed by atoms with Gasteiger partial charge in [-0.1, -0.05) is 35.9 Å². The molecule has 2 aromatic carbocycles. The highest BCUT2D eigenvalue weighted by molar-refractivity contribution is 7.99. The van der Waals surface area contributed by atoms with Crippen molar-refractivity contribution in [2.75, 3.05) is 11.5 Å². The number of carbonyl (C=O) groups excluding carboxylic acids is 2. The van der Waals surface area contributed by atoms with Crippen molar-refractivity contribution in [2.45, 2.75) is 11.3 Å². The average Bonchev–Trinajstić information content (AvgIpc) is 3.24. The van der Waals surface area contributed by atoms with Gasteiger partial charge in [-0.25, -0.2) is 0 Å². The molecule has 0 radical (unpaired) electrons. The van der Waals surface area contributed by atoms with Crippen molar-refractivity contribution in [2.24, 2.45) is 0 Å². The summed E-state index contributed by atoms with van der Waals surface area (Å²) in [5.74, 6) is -0.446. The van der Waals surface area contributed by atoms with Crippen molar-refractivity contribution in [3.8, 4) is 0 Å². The molecule has 0 aliphatic carbocycles. The van der Waals surface area contributed by atoms with E-state index >= 15 is 0 Å². The number of carbonyl (C=O) groups is 2. The quantitative estimate of drug-likeness (QED) is 0.321. The minimum atomic E-state index is -3.95. The molecule has 0 fully saturated rings. The van der Waals surface area contributed by atoms with E-state index in [1.54, 1.807) is 36.4 Å². The van der Waals surface area contributed by atoms with E-state index in [0.717, 1.165) is 4.90 Å². The van der Waals surface area contributed by atoms with Gasteiger partial charge in [-0.3, -0.25) is 14.1 Å². The molecule has 2 amide bonds. The zero-order chi connectivity index (χ0) is 22.2. The molecule has 7 nitrogen and oxygen atoms in total. The van der Waals surface area contributed by atoms with Crippen LogP contribution in [0.1, 0.15) is 17.5 Å². The van der Waals surface area contributed by atoms with E-state index in [0.29, 0.717) is 50.9 Å². The van der Waals surface area contributed by atoms with E-state index in [9.17, 15) is 18.0 Å². The Morgan fingerprint density at radius 3 is 1.81 bits per heavy atom. The largest absolute Gasteiger partial charge is 0.321 e. The number of rotatable bonds is 7. The van der Waals surface area contributed by atoms with Crippen molar-refractivity contribution in [1.82, 2.24) is 10.6 Å². The summed E-state index contributed by atoms with van der Waals surface area (Å²) in [6.07, 6.45) is 0.332. The summed E-state index contributed by atoms with van der Waals surface area (Å²) >= 11 is 7.38. The number of halogens is 1. The van der Waals surface area contributed by atoms with Crippen LogP contribution in [0.3, 0.4) is 0 Å². The maximum absolute atomic E-state index is 12.7. The number of nitrogens with one attached hydrogen (secondary N) is 2. The van der Waals surface area contributed by atoms with Gasteiger partial charge in [-0.2, -0.15) is 8.42 Å². The molecular weight excluding hydrogens is 460 g/mol. The Kier molecular flexibility index (Phi) is 5.94. The predicted octanol–water partition coefficient (Wildman–Crippen LogP) is 3.09. The highest BCUT2D eigenvalue weighted by atomic mass is 35.5. The van der Waals surface area contributed by atoms with Gasteiger partial charge in [-0.15, -0.1) is 11.8 Å². The van der Waals surface area contributed by atoms with Gasteiger partial charge in [0.1, 0.15) is 0 Å². The van der Waals surface area contributed by atoms with Crippen LogP contribution < -0.4 is 10.6 Å². The number of fused-ring (bicyclic) bond motifs is 1. The van der Waals surface area contributed by atoms with Crippen LogP contribution in [0.4, 0.5) is 0 Å². The van der Waals surface area contributed by atoms with E-state index < -0.39 is 10.1 Å². The van der Waals surface area contributed by atoms with Crippen LogP contribution in [-0.2, 0) is 19.7 Å². The van der Waals surface area contributed by atoms with Gasteiger partial charge in [-0.05, 0) is 47.6 Å². The molecule has 0 saturated carbocycles. The first-order chi connectivity index (χ1) is 14.7. The van der Waals surface area contributed by atoms with Crippen molar-refractivity contribution >= 4 is 56.7 Å². The molecule has 2 heterocycles. The lowest BCUT2D eigenvalue weighted by atomic mass is 10.0. The van der Waals surface area contributed by atoms with Gasteiger partial charge >= 0.3 is 0 Å². The molecule has 0 spiro atoms. The molecule has 0 unspecified atom stereocenters. The molecule has 31 heavy (non-hydrogen) atoms. The van der Waals surface area contributed by atoms with E-state index in [1.807, 2.05) is 12.1 Å². The van der Waals surface area contributed by atoms with Crippen LogP contribution in [0.15, 0.2) is 64.6 Å². The van der Waals surface area contributed by atoms with Gasteiger partial charge in [0.15, 0.2) is 0 Å². The minimum absolute atomic E-state index is 0.277. The van der Waals surface area contributed by atoms with Crippen LogP contribution >= 0.6 is 23.4 Å². The summed E-state index contributed by atoms with van der Waals surface area (Å²) in [4.78, 5) is 26.2. The molecule has 0 bridgehead atoms. The number of hydrogen-bond donors (Lipinski definition) is 3. The Bertz CT molecular complexity index is 1230. The van der Waals surface area contributed by atoms with E-state index in [4.69, 9.17) is 16.2 Å². The summed E-state index contributed by atoms with van der Waals surface area (Å²) in [5.41, 5.74) is 2.90. The molecule has 10 heteroatoms. The summed E-state index contributed by atoms with van der Waals surface area (Å²) < 4.78 is 30.3. The lowest BCUT2D eigenvalue weighted by Crippen LogP contribution is -2.21. The molecule has 0 atom stereocenters. The first-order valence-corrected chi connectivity index (χ1v) is 12.3. The lowest BCUT2D eigenvalue weighted by Gasteiger charge is -2.08. The Labute approximate surface area is 188 Å². The van der Waals surface area contributed by atoms with Crippen LogP contribution in [0.2, 0.25) is 5.02 Å². The number of thioether (sulfide) groups is 1. The highest BCUT2D eigenvalue weighted by Gasteiger charge is 2.40. The maximum atomic E-state index is 12.7. The Hall–Kier alpha value is -2.59. The van der Waals surface area contributed by atoms with Gasteiger partial charge in [0, 0.05) is 9.92 Å². The van der Waals surface area contributed by atoms with Crippen molar-refractivity contribution < 1.29 is 22.6 Å². The summed E-state index contributed by atoms with van der Waals surface area (Å²) in [7, 11) is -3.95. The predicted molar refractivity (Wildman–Crippen MR) is 120 cm³/mol. The van der Waals surface area contributed by atoms with E-state index in [-0.39, 0.29) is 17.6 Å². The summed E-state index contributed by atoms with van der Waals surface area (Å²) in [5, 5.41) is 6.14. The molecule has 2 aromatic rings. The maximum Gasteiger partial charge on any atom is 0.264 e. The van der Waals surface area contributed by atoms with E-state index in [1.165, 1.54) is 11.8 Å². The highest BCUT2D eigenvalue weighted by Crippen LogP contribution is 2.37. The monoisotopic (exact) mass is 476 g/mol. The Balaban J connectivity index is 1.57. The number of hydrogen-bond acceptors (Lipinski definition) is 5. The molecule has 0 aromatic heterocycles. The molecule has 0 saturated heterocycles. The van der Waals surface area contributed by atoms with Crippen molar-refractivity contribution in [1.29, 1.82) is 0 Å². The fourth-order valence-corrected chi connectivity index (χ4v) is 5.05. The fourth-order valence-electron chi connectivity index (χ4n) is 3.38. The second-order valence-electron chi connectivity index (χ2n) is 6.93. The van der Waals surface area contributed by atoms with Crippen molar-refractivity contribution in [3.05, 3.63) is 75.8 Å². The standard InChI is InChI=1S/C21H17ClN2O5S2/c22-14-6-2-12(3-7-14)18-16-17(21(26)23-18)19(24-20(16)25)13-4-8-15(9-5-13)30-10-1-11-31(27,28)29/h2-9H,1,10-11H2,(H,23,26)(H,24,25)(H,27,28,29). The third-order valence-electron chi connectivity index (χ3n) is 4.77. The third-order valence-corrected chi connectivity index (χ3v) is 6.93. The summed E-state index contributed by atoms with van der Waals surface area (Å²) in [6, 6.07) is 14.1. The molecule has 4 rings (SSSR count). The van der Waals surface area contributed by atoms with E-state index in [2.05, 4.69) is 10.6 Å². The van der Waals surface area contributed by atoms with Gasteiger partial charge in [0.2, 0.25) is 0 Å². The molecule has 2 aliphatic heterocycles. The Morgan fingerprint density at radius 2 is 1.32 bits per heavy atom. The zero-order valence-electron chi connectivity index (χ0n) is 16.0. The molecule has 2 aliphatic rings. The average molecular weight is 477 g/mol. The Morgan fingerprint density at radius 1 is 0.839 bits per heavy atom. The summed E-state index contributed by atoms with van der Waals surface area (Å²) in [6.45, 7) is 0. The first kappa shape index (κ1) is 21.6. The zero-order valence-corrected chi connectivity index (χ0v) is 18.4. The van der Waals surface area contributed by atoms with Gasteiger partial charge in [0.25, 0.3) is 21.9 Å².